The average molecular weight is 295 g/mol. The molecule has 0 aliphatic heterocycles. The summed E-state index contributed by atoms with van der Waals surface area (Å²) in [6.45, 7) is 1.84. The number of aldehydes is 1. The molecule has 3 rings (SSSR count). The molecule has 4 nitrogen and oxygen atoms in total. The summed E-state index contributed by atoms with van der Waals surface area (Å²) < 4.78 is 1.79. The maximum absolute atomic E-state index is 11.4. The summed E-state index contributed by atoms with van der Waals surface area (Å²) in [5.41, 5.74) is 2.24. The first kappa shape index (κ1) is 13.6. The second kappa shape index (κ2) is 5.93. The molecule has 2 heterocycles. The molecule has 0 atom stereocenters. The van der Waals surface area contributed by atoms with Gasteiger partial charge in [0.15, 0.2) is 6.29 Å². The van der Waals surface area contributed by atoms with E-state index in [1.54, 1.807) is 10.9 Å². The Kier molecular flexibility index (Phi) is 3.83. The number of carbonyl (C=O) groups excluding carboxylic acids is 1. The Hall–Kier alpha value is -2.40. The highest BCUT2D eigenvalue weighted by atomic mass is 32.2. The Balaban J connectivity index is 2.11. The predicted molar refractivity (Wildman–Crippen MR) is 82.0 cm³/mol. The number of hydrogen-bond acceptors (Lipinski definition) is 4. The smallest absolute Gasteiger partial charge is 0.154 e. The number of nitrogens with zero attached hydrogens (tertiary/aromatic N) is 3. The van der Waals surface area contributed by atoms with Crippen molar-refractivity contribution in [1.29, 1.82) is 0 Å². The van der Waals surface area contributed by atoms with Gasteiger partial charge in [0.05, 0.1) is 16.9 Å². The van der Waals surface area contributed by atoms with Gasteiger partial charge in [-0.15, -0.1) is 0 Å². The molecule has 1 aromatic carbocycles. The molecule has 0 aliphatic carbocycles. The van der Waals surface area contributed by atoms with E-state index in [1.165, 1.54) is 11.8 Å². The minimum absolute atomic E-state index is 0.606. The molecule has 104 valence electrons. The first-order valence-electron chi connectivity index (χ1n) is 6.48. The monoisotopic (exact) mass is 295 g/mol. The topological polar surface area (TPSA) is 47.8 Å². The van der Waals surface area contributed by atoms with Gasteiger partial charge in [0.25, 0.3) is 0 Å². The molecule has 3 aromatic rings. The summed E-state index contributed by atoms with van der Waals surface area (Å²) in [7, 11) is 0. The summed E-state index contributed by atoms with van der Waals surface area (Å²) in [4.78, 5) is 15.7. The normalized spacial score (nSPS) is 10.5. The van der Waals surface area contributed by atoms with Crippen LogP contribution in [0, 0.1) is 6.92 Å². The van der Waals surface area contributed by atoms with Crippen molar-refractivity contribution in [2.24, 2.45) is 0 Å². The van der Waals surface area contributed by atoms with Gasteiger partial charge in [-0.3, -0.25) is 4.79 Å². The van der Waals surface area contributed by atoms with Crippen LogP contribution in [0.1, 0.15) is 16.1 Å². The van der Waals surface area contributed by atoms with E-state index < -0.39 is 0 Å². The Bertz CT molecular complexity index is 754. The van der Waals surface area contributed by atoms with Crippen molar-refractivity contribution in [2.75, 3.05) is 0 Å². The van der Waals surface area contributed by atoms with Gasteiger partial charge in [0.1, 0.15) is 10.1 Å². The first-order chi connectivity index (χ1) is 10.3. The van der Waals surface area contributed by atoms with E-state index in [9.17, 15) is 4.79 Å². The molecule has 21 heavy (non-hydrogen) atoms. The number of pyridine rings is 1. The van der Waals surface area contributed by atoms with E-state index in [0.717, 1.165) is 22.0 Å². The Morgan fingerprint density at radius 3 is 2.52 bits per heavy atom. The van der Waals surface area contributed by atoms with E-state index in [0.29, 0.717) is 11.3 Å². The lowest BCUT2D eigenvalue weighted by Crippen LogP contribution is -1.98. The maximum Gasteiger partial charge on any atom is 0.154 e. The number of rotatable bonds is 4. The SMILES string of the molecule is Cc1nn(-c2ccccc2)c(Sc2ccccn2)c1C=O. The van der Waals surface area contributed by atoms with Crippen molar-refractivity contribution in [2.45, 2.75) is 17.0 Å². The number of benzene rings is 1. The molecule has 2 aromatic heterocycles. The third-order valence-corrected chi connectivity index (χ3v) is 4.06. The fourth-order valence-corrected chi connectivity index (χ4v) is 3.00. The standard InChI is InChI=1S/C16H13N3OS/c1-12-14(11-20)16(21-15-9-5-6-10-17-15)19(18-12)13-7-3-2-4-8-13/h2-11H,1H3. The summed E-state index contributed by atoms with van der Waals surface area (Å²) in [6, 6.07) is 15.5. The van der Waals surface area contributed by atoms with E-state index in [2.05, 4.69) is 10.1 Å². The first-order valence-corrected chi connectivity index (χ1v) is 7.30. The molecule has 0 N–H and O–H groups in total. The maximum atomic E-state index is 11.4. The molecular weight excluding hydrogens is 282 g/mol. The lowest BCUT2D eigenvalue weighted by Gasteiger charge is -2.07. The molecule has 0 aliphatic rings. The van der Waals surface area contributed by atoms with Crippen LogP contribution in [0.25, 0.3) is 5.69 Å². The van der Waals surface area contributed by atoms with Gasteiger partial charge >= 0.3 is 0 Å². The lowest BCUT2D eigenvalue weighted by atomic mass is 10.3. The lowest BCUT2D eigenvalue weighted by molar-refractivity contribution is 0.112. The van der Waals surface area contributed by atoms with Crippen molar-refractivity contribution in [3.8, 4) is 5.69 Å². The largest absolute Gasteiger partial charge is 0.298 e. The van der Waals surface area contributed by atoms with Crippen molar-refractivity contribution >= 4 is 18.0 Å². The number of hydrogen-bond donors (Lipinski definition) is 0. The van der Waals surface area contributed by atoms with Gasteiger partial charge in [0.2, 0.25) is 0 Å². The highest BCUT2D eigenvalue weighted by Crippen LogP contribution is 2.31. The van der Waals surface area contributed by atoms with Crippen LogP contribution in [-0.4, -0.2) is 21.1 Å². The minimum Gasteiger partial charge on any atom is -0.298 e. The highest BCUT2D eigenvalue weighted by Gasteiger charge is 2.17. The number of para-hydroxylation sites is 1. The third kappa shape index (κ3) is 2.73. The highest BCUT2D eigenvalue weighted by molar-refractivity contribution is 7.99. The fourth-order valence-electron chi connectivity index (χ4n) is 2.00. The van der Waals surface area contributed by atoms with Crippen molar-refractivity contribution < 1.29 is 4.79 Å². The molecule has 0 fully saturated rings. The van der Waals surface area contributed by atoms with Crippen LogP contribution in [-0.2, 0) is 0 Å². The number of aromatic nitrogens is 3. The zero-order valence-electron chi connectivity index (χ0n) is 11.4. The fraction of sp³-hybridized carbons (Fsp3) is 0.0625. The van der Waals surface area contributed by atoms with E-state index in [4.69, 9.17) is 0 Å². The molecular formula is C16H13N3OS. The van der Waals surface area contributed by atoms with Crippen LogP contribution in [0.4, 0.5) is 0 Å². The Morgan fingerprint density at radius 2 is 1.86 bits per heavy atom. The van der Waals surface area contributed by atoms with Gasteiger partial charge < -0.3 is 0 Å². The number of carbonyl (C=O) groups is 1. The van der Waals surface area contributed by atoms with Crippen LogP contribution in [0.5, 0.6) is 0 Å². The summed E-state index contributed by atoms with van der Waals surface area (Å²) in [6.07, 6.45) is 2.59. The van der Waals surface area contributed by atoms with Crippen LogP contribution < -0.4 is 0 Å². The van der Waals surface area contributed by atoms with Crippen LogP contribution >= 0.6 is 11.8 Å². The second-order valence-corrected chi connectivity index (χ2v) is 5.45. The molecule has 0 saturated heterocycles. The average Bonchev–Trinajstić information content (AvgIpc) is 2.85. The summed E-state index contributed by atoms with van der Waals surface area (Å²) in [5.74, 6) is 0. The molecule has 0 saturated carbocycles. The van der Waals surface area contributed by atoms with Crippen molar-refractivity contribution in [1.82, 2.24) is 14.8 Å². The van der Waals surface area contributed by atoms with Gasteiger partial charge in [0, 0.05) is 6.20 Å². The predicted octanol–water partition coefficient (Wildman–Crippen LogP) is 3.54. The molecule has 0 amide bonds. The summed E-state index contributed by atoms with van der Waals surface area (Å²) >= 11 is 1.44. The second-order valence-electron chi connectivity index (χ2n) is 4.44. The molecule has 0 bridgehead atoms. The molecule has 0 unspecified atom stereocenters. The van der Waals surface area contributed by atoms with E-state index in [1.807, 2.05) is 55.5 Å². The van der Waals surface area contributed by atoms with Crippen LogP contribution in [0.3, 0.4) is 0 Å². The molecule has 0 radical (unpaired) electrons. The number of aryl methyl sites for hydroxylation is 1. The van der Waals surface area contributed by atoms with Gasteiger partial charge in [-0.05, 0) is 43.0 Å². The third-order valence-electron chi connectivity index (χ3n) is 3.02. The zero-order chi connectivity index (χ0) is 14.7. The quantitative estimate of drug-likeness (QED) is 0.691. The van der Waals surface area contributed by atoms with Crippen LogP contribution in [0.2, 0.25) is 0 Å². The van der Waals surface area contributed by atoms with Crippen molar-refractivity contribution in [3.63, 3.8) is 0 Å². The minimum atomic E-state index is 0.606. The van der Waals surface area contributed by atoms with Gasteiger partial charge in [-0.25, -0.2) is 9.67 Å². The van der Waals surface area contributed by atoms with E-state index >= 15 is 0 Å². The Labute approximate surface area is 126 Å². The molecule has 5 heteroatoms. The summed E-state index contributed by atoms with van der Waals surface area (Å²) in [5, 5.41) is 6.10. The van der Waals surface area contributed by atoms with Gasteiger partial charge in [-0.1, -0.05) is 24.3 Å². The van der Waals surface area contributed by atoms with Gasteiger partial charge in [-0.2, -0.15) is 5.10 Å². The zero-order valence-corrected chi connectivity index (χ0v) is 12.2. The Morgan fingerprint density at radius 1 is 1.10 bits per heavy atom. The van der Waals surface area contributed by atoms with Crippen LogP contribution in [0.15, 0.2) is 64.8 Å². The van der Waals surface area contributed by atoms with Crippen molar-refractivity contribution in [3.05, 3.63) is 66.0 Å². The van der Waals surface area contributed by atoms with E-state index in [-0.39, 0.29) is 0 Å². The molecule has 0 spiro atoms.